The maximum absolute atomic E-state index is 11.7. The van der Waals surface area contributed by atoms with Crippen LogP contribution in [0.1, 0.15) is 30.0 Å². The SMILES string of the molecule is CCNC[C@@H](CCc1ccccc1)C(=O)O.O=C(N[C@H](Cc1ccccc1)C(=O)O)OCc1ccccc1. The Kier molecular flexibility index (Phi) is 13.7. The molecular weight excluding hydrogens is 484 g/mol. The van der Waals surface area contributed by atoms with Crippen LogP contribution in [-0.2, 0) is 33.8 Å². The number of amides is 1. The van der Waals surface area contributed by atoms with Crippen molar-refractivity contribution in [3.8, 4) is 0 Å². The Balaban J connectivity index is 0.000000281. The molecule has 202 valence electrons. The predicted molar refractivity (Wildman–Crippen MR) is 146 cm³/mol. The van der Waals surface area contributed by atoms with Crippen LogP contribution in [0.2, 0.25) is 0 Å². The van der Waals surface area contributed by atoms with Crippen LogP contribution in [-0.4, -0.2) is 47.4 Å². The van der Waals surface area contributed by atoms with Crippen molar-refractivity contribution in [2.75, 3.05) is 13.1 Å². The number of nitrogens with one attached hydrogen (secondary N) is 2. The topological polar surface area (TPSA) is 125 Å². The minimum Gasteiger partial charge on any atom is -0.481 e. The minimum atomic E-state index is -1.10. The summed E-state index contributed by atoms with van der Waals surface area (Å²) in [4.78, 5) is 34.0. The van der Waals surface area contributed by atoms with Gasteiger partial charge >= 0.3 is 18.0 Å². The highest BCUT2D eigenvalue weighted by molar-refractivity contribution is 5.80. The number of hydrogen-bond donors (Lipinski definition) is 4. The van der Waals surface area contributed by atoms with Crippen molar-refractivity contribution in [1.82, 2.24) is 10.6 Å². The van der Waals surface area contributed by atoms with Crippen LogP contribution in [0.3, 0.4) is 0 Å². The molecule has 3 aromatic rings. The molecule has 0 aliphatic rings. The quantitative estimate of drug-likeness (QED) is 0.261. The number of aliphatic carboxylic acids is 2. The maximum Gasteiger partial charge on any atom is 0.408 e. The van der Waals surface area contributed by atoms with Crippen molar-refractivity contribution in [2.45, 2.75) is 38.8 Å². The highest BCUT2D eigenvalue weighted by Crippen LogP contribution is 2.10. The van der Waals surface area contributed by atoms with E-state index < -0.39 is 24.1 Å². The number of ether oxygens (including phenoxy) is 1. The van der Waals surface area contributed by atoms with Gasteiger partial charge in [0.25, 0.3) is 0 Å². The van der Waals surface area contributed by atoms with E-state index in [1.807, 2.05) is 97.9 Å². The Morgan fingerprint density at radius 2 is 1.29 bits per heavy atom. The van der Waals surface area contributed by atoms with E-state index in [1.54, 1.807) is 0 Å². The van der Waals surface area contributed by atoms with Crippen LogP contribution in [0.5, 0.6) is 0 Å². The number of rotatable bonds is 13. The summed E-state index contributed by atoms with van der Waals surface area (Å²) in [5.41, 5.74) is 2.87. The fraction of sp³-hybridized carbons (Fsp3) is 0.300. The van der Waals surface area contributed by atoms with Crippen molar-refractivity contribution in [2.24, 2.45) is 5.92 Å². The van der Waals surface area contributed by atoms with Crippen molar-refractivity contribution in [3.05, 3.63) is 108 Å². The van der Waals surface area contributed by atoms with E-state index in [1.165, 1.54) is 5.56 Å². The summed E-state index contributed by atoms with van der Waals surface area (Å²) in [6.07, 6.45) is 0.971. The van der Waals surface area contributed by atoms with Gasteiger partial charge < -0.3 is 25.6 Å². The van der Waals surface area contributed by atoms with Crippen molar-refractivity contribution in [3.63, 3.8) is 0 Å². The Hall–Kier alpha value is -4.17. The van der Waals surface area contributed by atoms with Crippen LogP contribution in [0.4, 0.5) is 4.79 Å². The van der Waals surface area contributed by atoms with Crippen molar-refractivity contribution < 1.29 is 29.3 Å². The Morgan fingerprint density at radius 1 is 0.763 bits per heavy atom. The molecule has 0 saturated carbocycles. The first-order chi connectivity index (χ1) is 18.4. The smallest absolute Gasteiger partial charge is 0.408 e. The summed E-state index contributed by atoms with van der Waals surface area (Å²) >= 11 is 0. The fourth-order valence-corrected chi connectivity index (χ4v) is 3.57. The third kappa shape index (κ3) is 12.2. The van der Waals surface area contributed by atoms with Gasteiger partial charge in [0, 0.05) is 13.0 Å². The molecule has 0 spiro atoms. The third-order valence-corrected chi connectivity index (χ3v) is 5.70. The lowest BCUT2D eigenvalue weighted by molar-refractivity contribution is -0.142. The van der Waals surface area contributed by atoms with Crippen LogP contribution < -0.4 is 10.6 Å². The predicted octanol–water partition coefficient (Wildman–Crippen LogP) is 4.54. The summed E-state index contributed by atoms with van der Waals surface area (Å²) in [6, 6.07) is 27.3. The lowest BCUT2D eigenvalue weighted by Gasteiger charge is -2.14. The lowest BCUT2D eigenvalue weighted by atomic mass is 9.99. The number of carboxylic acid groups (broad SMARTS) is 2. The van der Waals surface area contributed by atoms with Gasteiger partial charge in [-0.05, 0) is 36.1 Å². The van der Waals surface area contributed by atoms with Gasteiger partial charge in [0.1, 0.15) is 12.6 Å². The van der Waals surface area contributed by atoms with Gasteiger partial charge in [-0.25, -0.2) is 9.59 Å². The van der Waals surface area contributed by atoms with E-state index in [0.717, 1.165) is 24.1 Å². The first-order valence-electron chi connectivity index (χ1n) is 12.6. The molecule has 38 heavy (non-hydrogen) atoms. The number of hydrogen-bond acceptors (Lipinski definition) is 5. The molecule has 0 aliphatic carbocycles. The van der Waals surface area contributed by atoms with Crippen molar-refractivity contribution in [1.29, 1.82) is 0 Å². The zero-order valence-corrected chi connectivity index (χ0v) is 21.6. The second-order valence-corrected chi connectivity index (χ2v) is 8.65. The molecule has 8 heteroatoms. The molecule has 0 fully saturated rings. The lowest BCUT2D eigenvalue weighted by Crippen LogP contribution is -2.42. The van der Waals surface area contributed by atoms with Gasteiger partial charge in [-0.3, -0.25) is 4.79 Å². The molecule has 0 bridgehead atoms. The van der Waals surface area contributed by atoms with Gasteiger partial charge in [-0.1, -0.05) is 97.9 Å². The number of carboxylic acids is 2. The zero-order valence-electron chi connectivity index (χ0n) is 21.6. The van der Waals surface area contributed by atoms with E-state index in [-0.39, 0.29) is 18.9 Å². The van der Waals surface area contributed by atoms with Crippen LogP contribution >= 0.6 is 0 Å². The van der Waals surface area contributed by atoms with E-state index >= 15 is 0 Å². The molecule has 0 radical (unpaired) electrons. The van der Waals surface area contributed by atoms with E-state index in [0.29, 0.717) is 13.0 Å². The van der Waals surface area contributed by atoms with Crippen LogP contribution in [0, 0.1) is 5.92 Å². The second-order valence-electron chi connectivity index (χ2n) is 8.65. The highest BCUT2D eigenvalue weighted by Gasteiger charge is 2.21. The average Bonchev–Trinajstić information content (AvgIpc) is 2.93. The van der Waals surface area contributed by atoms with Crippen LogP contribution in [0.15, 0.2) is 91.0 Å². The molecule has 0 aromatic heterocycles. The second kappa shape index (κ2) is 17.3. The molecular formula is C30H36N2O6. The van der Waals surface area contributed by atoms with E-state index in [2.05, 4.69) is 10.6 Å². The monoisotopic (exact) mass is 520 g/mol. The van der Waals surface area contributed by atoms with Gasteiger partial charge in [-0.15, -0.1) is 0 Å². The zero-order chi connectivity index (χ0) is 27.6. The number of aryl methyl sites for hydroxylation is 1. The maximum atomic E-state index is 11.7. The summed E-state index contributed by atoms with van der Waals surface area (Å²) in [6.45, 7) is 3.45. The molecule has 1 amide bonds. The minimum absolute atomic E-state index is 0.102. The molecule has 2 atom stereocenters. The Morgan fingerprint density at radius 3 is 1.79 bits per heavy atom. The Labute approximate surface area is 223 Å². The number of carbonyl (C=O) groups is 3. The average molecular weight is 521 g/mol. The number of carbonyl (C=O) groups excluding carboxylic acids is 1. The number of benzene rings is 3. The molecule has 8 nitrogen and oxygen atoms in total. The standard InChI is InChI=1S/C17H17NO4.C13H19NO2/c19-16(20)15(11-13-7-3-1-4-8-13)18-17(21)22-12-14-9-5-2-6-10-14;1-2-14-10-12(13(15)16)9-8-11-6-4-3-5-7-11/h1-10,15H,11-12H2,(H,18,21)(H,19,20);3-7,12,14H,2,8-10H2,1H3,(H,15,16)/t15-;12-/m11/s1. The van der Waals surface area contributed by atoms with Gasteiger partial charge in [0.15, 0.2) is 0 Å². The van der Waals surface area contributed by atoms with Gasteiger partial charge in [0.05, 0.1) is 5.92 Å². The fourth-order valence-electron chi connectivity index (χ4n) is 3.57. The van der Waals surface area contributed by atoms with Crippen LogP contribution in [0.25, 0.3) is 0 Å². The molecule has 0 unspecified atom stereocenters. The first kappa shape index (κ1) is 30.1. The summed E-state index contributed by atoms with van der Waals surface area (Å²) in [7, 11) is 0. The molecule has 3 aromatic carbocycles. The number of alkyl carbamates (subject to hydrolysis) is 1. The van der Waals surface area contributed by atoms with Gasteiger partial charge in [-0.2, -0.15) is 0 Å². The van der Waals surface area contributed by atoms with E-state index in [9.17, 15) is 19.5 Å². The van der Waals surface area contributed by atoms with E-state index in [4.69, 9.17) is 9.84 Å². The third-order valence-electron chi connectivity index (χ3n) is 5.70. The summed E-state index contributed by atoms with van der Waals surface area (Å²) < 4.78 is 5.03. The molecule has 4 N–H and O–H groups in total. The Bertz CT molecular complexity index is 1090. The molecule has 0 saturated heterocycles. The molecule has 0 heterocycles. The van der Waals surface area contributed by atoms with Gasteiger partial charge in [0.2, 0.25) is 0 Å². The molecule has 0 aliphatic heterocycles. The molecule has 3 rings (SSSR count). The first-order valence-corrected chi connectivity index (χ1v) is 12.6. The highest BCUT2D eigenvalue weighted by atomic mass is 16.5. The van der Waals surface area contributed by atoms with Crippen molar-refractivity contribution >= 4 is 18.0 Å². The normalized spacial score (nSPS) is 11.8. The summed E-state index contributed by atoms with van der Waals surface area (Å²) in [5.74, 6) is -2.10. The summed E-state index contributed by atoms with van der Waals surface area (Å²) in [5, 5.41) is 23.7. The largest absolute Gasteiger partial charge is 0.481 e.